The van der Waals surface area contributed by atoms with E-state index < -0.39 is 46.5 Å². The molecule has 0 spiro atoms. The largest absolute Gasteiger partial charge is 0.434 e. The van der Waals surface area contributed by atoms with E-state index in [9.17, 15) is 31.1 Å². The van der Waals surface area contributed by atoms with Gasteiger partial charge in [0.15, 0.2) is 11.4 Å². The summed E-state index contributed by atoms with van der Waals surface area (Å²) in [6.45, 7) is 0. The first-order chi connectivity index (χ1) is 16.0. The zero-order valence-corrected chi connectivity index (χ0v) is 16.6. The molecular weight excluding hydrogens is 466 g/mol. The van der Waals surface area contributed by atoms with Gasteiger partial charge in [0, 0.05) is 17.8 Å². The summed E-state index contributed by atoms with van der Waals surface area (Å²) in [4.78, 5) is 19.9. The van der Waals surface area contributed by atoms with E-state index in [1.165, 1.54) is 30.6 Å². The Kier molecular flexibility index (Phi) is 5.44. The second-order valence-electron chi connectivity index (χ2n) is 6.87. The molecule has 7 nitrogen and oxygen atoms in total. The molecule has 0 atom stereocenters. The fraction of sp³-hybridized carbons (Fsp3) is 0.0952. The number of pyridine rings is 2. The molecule has 172 valence electrons. The normalized spacial score (nSPS) is 11.9. The number of hydrogen-bond acceptors (Lipinski definition) is 5. The summed E-state index contributed by atoms with van der Waals surface area (Å²) < 4.78 is 81.9. The second kappa shape index (κ2) is 8.14. The molecule has 0 radical (unpaired) electrons. The molecule has 0 saturated carbocycles. The Morgan fingerprint density at radius 3 is 2.47 bits per heavy atom. The maximum Gasteiger partial charge on any atom is 0.434 e. The summed E-state index contributed by atoms with van der Waals surface area (Å²) in [5.74, 6) is -1.36. The number of alkyl halides is 6. The SMILES string of the molecule is N#Cc1ncc(NC(=O)c2cnn(-c3cccc4ccncc34)c2C(F)(F)F)cc1C(F)(F)F. The lowest BCUT2D eigenvalue weighted by atomic mass is 10.1. The van der Waals surface area contributed by atoms with Gasteiger partial charge in [0.1, 0.15) is 6.07 Å². The van der Waals surface area contributed by atoms with Crippen LogP contribution in [0.5, 0.6) is 0 Å². The number of carbonyl (C=O) groups is 1. The first-order valence-corrected chi connectivity index (χ1v) is 9.27. The van der Waals surface area contributed by atoms with Crippen LogP contribution in [0.25, 0.3) is 16.5 Å². The lowest BCUT2D eigenvalue weighted by Gasteiger charge is -2.14. The third kappa shape index (κ3) is 4.13. The van der Waals surface area contributed by atoms with Crippen LogP contribution >= 0.6 is 0 Å². The topological polar surface area (TPSA) is 96.5 Å². The van der Waals surface area contributed by atoms with E-state index in [1.54, 1.807) is 12.1 Å². The van der Waals surface area contributed by atoms with Crippen LogP contribution in [0.1, 0.15) is 27.3 Å². The van der Waals surface area contributed by atoms with Gasteiger partial charge in [-0.3, -0.25) is 9.78 Å². The molecule has 1 aromatic carbocycles. The van der Waals surface area contributed by atoms with Crippen molar-refractivity contribution in [2.24, 2.45) is 0 Å². The van der Waals surface area contributed by atoms with Crippen molar-refractivity contribution in [2.45, 2.75) is 12.4 Å². The van der Waals surface area contributed by atoms with Gasteiger partial charge in [-0.25, -0.2) is 9.67 Å². The number of aromatic nitrogens is 4. The molecule has 4 rings (SSSR count). The van der Waals surface area contributed by atoms with Gasteiger partial charge in [-0.15, -0.1) is 0 Å². The fourth-order valence-electron chi connectivity index (χ4n) is 3.29. The Morgan fingerprint density at radius 1 is 1.03 bits per heavy atom. The molecule has 0 bridgehead atoms. The van der Waals surface area contributed by atoms with Crippen LogP contribution in [0.15, 0.2) is 55.1 Å². The molecule has 0 aliphatic rings. The molecule has 1 N–H and O–H groups in total. The van der Waals surface area contributed by atoms with Gasteiger partial charge in [0.05, 0.1) is 34.9 Å². The van der Waals surface area contributed by atoms with Crippen molar-refractivity contribution < 1.29 is 31.1 Å². The molecule has 13 heteroatoms. The van der Waals surface area contributed by atoms with Crippen LogP contribution < -0.4 is 5.32 Å². The van der Waals surface area contributed by atoms with Crippen LogP contribution in [0.4, 0.5) is 32.0 Å². The monoisotopic (exact) mass is 476 g/mol. The minimum atomic E-state index is -5.05. The summed E-state index contributed by atoms with van der Waals surface area (Å²) in [6, 6.07) is 7.77. The van der Waals surface area contributed by atoms with E-state index in [4.69, 9.17) is 5.26 Å². The molecule has 3 heterocycles. The van der Waals surface area contributed by atoms with Gasteiger partial charge in [-0.2, -0.15) is 36.7 Å². The predicted octanol–water partition coefficient (Wildman–Crippen LogP) is 4.98. The van der Waals surface area contributed by atoms with E-state index >= 15 is 0 Å². The molecular formula is C21H10F6N6O. The smallest absolute Gasteiger partial charge is 0.320 e. The van der Waals surface area contributed by atoms with E-state index in [2.05, 4.69) is 15.1 Å². The highest BCUT2D eigenvalue weighted by Gasteiger charge is 2.41. The van der Waals surface area contributed by atoms with Crippen LogP contribution in [0.3, 0.4) is 0 Å². The summed E-state index contributed by atoms with van der Waals surface area (Å²) in [5.41, 5.74) is -5.30. The lowest BCUT2D eigenvalue weighted by Crippen LogP contribution is -2.21. The Labute approximate surface area is 186 Å². The third-order valence-corrected chi connectivity index (χ3v) is 4.73. The zero-order chi connectivity index (χ0) is 24.7. The molecule has 0 aliphatic carbocycles. The van der Waals surface area contributed by atoms with Gasteiger partial charge in [-0.1, -0.05) is 12.1 Å². The van der Waals surface area contributed by atoms with Crippen molar-refractivity contribution in [3.8, 4) is 11.8 Å². The van der Waals surface area contributed by atoms with Gasteiger partial charge < -0.3 is 5.32 Å². The van der Waals surface area contributed by atoms with Crippen molar-refractivity contribution in [3.63, 3.8) is 0 Å². The molecule has 4 aromatic rings. The van der Waals surface area contributed by atoms with E-state index in [-0.39, 0.29) is 5.69 Å². The van der Waals surface area contributed by atoms with Crippen molar-refractivity contribution in [1.29, 1.82) is 5.26 Å². The Morgan fingerprint density at radius 2 is 1.79 bits per heavy atom. The molecule has 3 aromatic heterocycles. The summed E-state index contributed by atoms with van der Waals surface area (Å²) in [6.07, 6.45) is -5.82. The number of hydrogen-bond donors (Lipinski definition) is 1. The van der Waals surface area contributed by atoms with Crippen molar-refractivity contribution in [1.82, 2.24) is 19.7 Å². The number of benzene rings is 1. The highest BCUT2D eigenvalue weighted by Crippen LogP contribution is 2.36. The standard InChI is InChI=1S/C21H10F6N6O/c22-20(23,24)15-6-12(8-30-16(15)7-28)32-19(34)14-10-31-33(18(14)21(25,26)27)17-3-1-2-11-4-5-29-9-13(11)17/h1-6,8-10H,(H,32,34). The van der Waals surface area contributed by atoms with Gasteiger partial charge in [0.2, 0.25) is 0 Å². The molecule has 0 unspecified atom stereocenters. The van der Waals surface area contributed by atoms with Crippen LogP contribution in [0, 0.1) is 11.3 Å². The Hall–Kier alpha value is -4.47. The summed E-state index contributed by atoms with van der Waals surface area (Å²) in [7, 11) is 0. The number of amides is 1. The fourth-order valence-corrected chi connectivity index (χ4v) is 3.29. The third-order valence-electron chi connectivity index (χ3n) is 4.73. The average molecular weight is 476 g/mol. The van der Waals surface area contributed by atoms with Crippen molar-refractivity contribution >= 4 is 22.4 Å². The number of nitriles is 1. The molecule has 1 amide bonds. The van der Waals surface area contributed by atoms with Crippen LogP contribution in [0.2, 0.25) is 0 Å². The maximum atomic E-state index is 14.0. The lowest BCUT2D eigenvalue weighted by molar-refractivity contribution is -0.143. The summed E-state index contributed by atoms with van der Waals surface area (Å²) >= 11 is 0. The zero-order valence-electron chi connectivity index (χ0n) is 16.6. The number of halogens is 6. The van der Waals surface area contributed by atoms with Crippen molar-refractivity contribution in [2.75, 3.05) is 5.32 Å². The number of fused-ring (bicyclic) bond motifs is 1. The van der Waals surface area contributed by atoms with E-state index in [0.29, 0.717) is 27.7 Å². The number of rotatable bonds is 3. The van der Waals surface area contributed by atoms with Gasteiger partial charge in [0.25, 0.3) is 5.91 Å². The first kappa shape index (κ1) is 22.7. The number of nitrogens with one attached hydrogen (secondary N) is 1. The minimum Gasteiger partial charge on any atom is -0.320 e. The minimum absolute atomic E-state index is 0.00336. The summed E-state index contributed by atoms with van der Waals surface area (Å²) in [5, 5.41) is 15.4. The molecule has 0 fully saturated rings. The van der Waals surface area contributed by atoms with Gasteiger partial charge >= 0.3 is 12.4 Å². The molecule has 0 saturated heterocycles. The average Bonchev–Trinajstić information content (AvgIpc) is 3.24. The van der Waals surface area contributed by atoms with Crippen LogP contribution in [-0.2, 0) is 12.4 Å². The quantitative estimate of drug-likeness (QED) is 0.421. The van der Waals surface area contributed by atoms with Crippen LogP contribution in [-0.4, -0.2) is 25.7 Å². The highest BCUT2D eigenvalue weighted by molar-refractivity contribution is 6.05. The van der Waals surface area contributed by atoms with Crippen molar-refractivity contribution in [3.05, 3.63) is 77.6 Å². The molecule has 0 aliphatic heterocycles. The number of carbonyl (C=O) groups excluding carboxylic acids is 1. The predicted molar refractivity (Wildman–Crippen MR) is 106 cm³/mol. The van der Waals surface area contributed by atoms with Gasteiger partial charge in [-0.05, 0) is 23.6 Å². The molecule has 34 heavy (non-hydrogen) atoms. The van der Waals surface area contributed by atoms with E-state index in [1.807, 2.05) is 5.32 Å². The Balaban J connectivity index is 1.79. The number of anilines is 1. The maximum absolute atomic E-state index is 14.0. The highest BCUT2D eigenvalue weighted by atomic mass is 19.4. The Bertz CT molecular complexity index is 1450. The number of nitrogens with zero attached hydrogens (tertiary/aromatic N) is 5. The van der Waals surface area contributed by atoms with E-state index in [0.717, 1.165) is 6.20 Å². The second-order valence-corrected chi connectivity index (χ2v) is 6.87. The first-order valence-electron chi connectivity index (χ1n) is 9.27.